The van der Waals surface area contributed by atoms with Crippen molar-refractivity contribution >= 4 is 26.7 Å². The van der Waals surface area contributed by atoms with Crippen LogP contribution >= 0.6 is 15.9 Å². The first-order valence-electron chi connectivity index (χ1n) is 9.56. The molecule has 0 spiro atoms. The van der Waals surface area contributed by atoms with Gasteiger partial charge in [0.05, 0.1) is 20.3 Å². The van der Waals surface area contributed by atoms with Crippen molar-refractivity contribution in [1.29, 1.82) is 0 Å². The van der Waals surface area contributed by atoms with Crippen LogP contribution in [0.15, 0.2) is 30.3 Å². The maximum Gasteiger partial charge on any atom is 0.169 e. The molecule has 0 fully saturated rings. The fraction of sp³-hybridized carbons (Fsp3) is 0.545. The Labute approximate surface area is 166 Å². The van der Waals surface area contributed by atoms with E-state index in [9.17, 15) is 0 Å². The molecule has 26 heavy (non-hydrogen) atoms. The molecule has 0 radical (unpaired) electrons. The lowest BCUT2D eigenvalue weighted by Crippen LogP contribution is -2.07. The van der Waals surface area contributed by atoms with Gasteiger partial charge in [0.1, 0.15) is 5.75 Å². The van der Waals surface area contributed by atoms with E-state index in [1.54, 1.807) is 7.11 Å². The van der Waals surface area contributed by atoms with Gasteiger partial charge in [-0.05, 0) is 31.6 Å². The molecule has 0 amide bonds. The maximum absolute atomic E-state index is 6.11. The summed E-state index contributed by atoms with van der Waals surface area (Å²) in [6, 6.07) is 10.2. The molecule has 0 aliphatic heterocycles. The Bertz CT molecular complexity index is 684. The highest BCUT2D eigenvalue weighted by molar-refractivity contribution is 9.09. The predicted octanol–water partition coefficient (Wildman–Crippen LogP) is 6.61. The lowest BCUT2D eigenvalue weighted by Gasteiger charge is -2.18. The van der Waals surface area contributed by atoms with Crippen molar-refractivity contribution in [2.24, 2.45) is 5.92 Å². The summed E-state index contributed by atoms with van der Waals surface area (Å²) in [5.74, 6) is 2.84. The largest absolute Gasteiger partial charge is 0.493 e. The number of fused-ring (bicyclic) bond motifs is 1. The molecular formula is C22H31BrO3. The molecule has 0 aliphatic carbocycles. The van der Waals surface area contributed by atoms with E-state index in [4.69, 9.17) is 14.2 Å². The lowest BCUT2D eigenvalue weighted by molar-refractivity contribution is 0.258. The number of halogens is 1. The van der Waals surface area contributed by atoms with Gasteiger partial charge in [0.15, 0.2) is 11.5 Å². The monoisotopic (exact) mass is 422 g/mol. The normalized spacial score (nSPS) is 12.4. The fourth-order valence-electron chi connectivity index (χ4n) is 2.82. The van der Waals surface area contributed by atoms with Crippen molar-refractivity contribution in [3.8, 4) is 17.2 Å². The van der Waals surface area contributed by atoms with Crippen LogP contribution in [0.2, 0.25) is 0 Å². The van der Waals surface area contributed by atoms with Crippen LogP contribution in [-0.4, -0.2) is 25.2 Å². The first kappa shape index (κ1) is 20.9. The van der Waals surface area contributed by atoms with Crippen LogP contribution in [-0.2, 0) is 0 Å². The van der Waals surface area contributed by atoms with Crippen LogP contribution in [0.3, 0.4) is 0 Å². The summed E-state index contributed by atoms with van der Waals surface area (Å²) in [5, 5.41) is 2.10. The number of rotatable bonds is 11. The molecule has 0 saturated heterocycles. The Morgan fingerprint density at radius 3 is 2.38 bits per heavy atom. The molecule has 2 rings (SSSR count). The van der Waals surface area contributed by atoms with Gasteiger partial charge in [0.25, 0.3) is 0 Å². The lowest BCUT2D eigenvalue weighted by atomic mass is 10.1. The van der Waals surface area contributed by atoms with Crippen LogP contribution in [0.5, 0.6) is 17.2 Å². The number of methoxy groups -OCH3 is 1. The van der Waals surface area contributed by atoms with Gasteiger partial charge < -0.3 is 14.2 Å². The quantitative estimate of drug-likeness (QED) is 0.301. The minimum atomic E-state index is 0.454. The van der Waals surface area contributed by atoms with Gasteiger partial charge in [0, 0.05) is 21.7 Å². The number of hydrogen-bond donors (Lipinski definition) is 0. The Morgan fingerprint density at radius 2 is 1.73 bits per heavy atom. The van der Waals surface area contributed by atoms with Crippen LogP contribution in [0, 0.1) is 5.92 Å². The number of hydrogen-bond acceptors (Lipinski definition) is 3. The third-order valence-corrected chi connectivity index (χ3v) is 5.42. The van der Waals surface area contributed by atoms with Crippen LogP contribution in [0.1, 0.15) is 46.5 Å². The average Bonchev–Trinajstić information content (AvgIpc) is 2.65. The zero-order chi connectivity index (χ0) is 18.9. The summed E-state index contributed by atoms with van der Waals surface area (Å²) in [6.45, 7) is 7.86. The second kappa shape index (κ2) is 10.7. The van der Waals surface area contributed by atoms with E-state index in [2.05, 4.69) is 48.8 Å². The Kier molecular flexibility index (Phi) is 8.56. The van der Waals surface area contributed by atoms with E-state index in [1.807, 2.05) is 18.2 Å². The van der Waals surface area contributed by atoms with Gasteiger partial charge in [0.2, 0.25) is 0 Å². The molecule has 144 valence electrons. The second-order valence-corrected chi connectivity index (χ2v) is 8.30. The molecule has 0 N–H and O–H groups in total. The van der Waals surface area contributed by atoms with Crippen LogP contribution in [0.25, 0.3) is 10.8 Å². The highest BCUT2D eigenvalue weighted by Crippen LogP contribution is 2.41. The number of benzene rings is 2. The number of ether oxygens (including phenoxy) is 3. The molecule has 0 aromatic heterocycles. The van der Waals surface area contributed by atoms with E-state index < -0.39 is 0 Å². The molecule has 0 aliphatic rings. The average molecular weight is 423 g/mol. The Hall–Kier alpha value is -1.42. The van der Waals surface area contributed by atoms with Gasteiger partial charge >= 0.3 is 0 Å². The molecule has 2 aromatic carbocycles. The van der Waals surface area contributed by atoms with Gasteiger partial charge in [-0.2, -0.15) is 0 Å². The highest BCUT2D eigenvalue weighted by atomic mass is 79.9. The Morgan fingerprint density at radius 1 is 1.00 bits per heavy atom. The molecule has 2 aromatic rings. The van der Waals surface area contributed by atoms with Crippen LogP contribution < -0.4 is 14.2 Å². The SMILES string of the molecule is CCC(Br)CCCCOc1cc(OC)c(OCC(C)C)c2ccccc12. The summed E-state index contributed by atoms with van der Waals surface area (Å²) in [6.07, 6.45) is 4.56. The van der Waals surface area contributed by atoms with Crippen molar-refractivity contribution in [2.45, 2.75) is 51.3 Å². The minimum Gasteiger partial charge on any atom is -0.493 e. The smallest absolute Gasteiger partial charge is 0.169 e. The molecule has 4 heteroatoms. The highest BCUT2D eigenvalue weighted by Gasteiger charge is 2.15. The first-order chi connectivity index (χ1) is 12.6. The van der Waals surface area contributed by atoms with E-state index in [-0.39, 0.29) is 0 Å². The summed E-state index contributed by atoms with van der Waals surface area (Å²) in [5.41, 5.74) is 0. The van der Waals surface area contributed by atoms with Crippen molar-refractivity contribution < 1.29 is 14.2 Å². The van der Waals surface area contributed by atoms with Gasteiger partial charge in [-0.1, -0.05) is 61.0 Å². The van der Waals surface area contributed by atoms with E-state index in [1.165, 1.54) is 12.8 Å². The van der Waals surface area contributed by atoms with Crippen LogP contribution in [0.4, 0.5) is 0 Å². The summed E-state index contributed by atoms with van der Waals surface area (Å²) in [7, 11) is 1.68. The van der Waals surface area contributed by atoms with Crippen molar-refractivity contribution in [3.63, 3.8) is 0 Å². The third-order valence-electron chi connectivity index (χ3n) is 4.32. The fourth-order valence-corrected chi connectivity index (χ4v) is 3.14. The molecule has 1 atom stereocenters. The van der Waals surface area contributed by atoms with E-state index in [0.717, 1.165) is 40.9 Å². The maximum atomic E-state index is 6.11. The van der Waals surface area contributed by atoms with Crippen molar-refractivity contribution in [2.75, 3.05) is 20.3 Å². The zero-order valence-electron chi connectivity index (χ0n) is 16.4. The van der Waals surface area contributed by atoms with Gasteiger partial charge in [-0.3, -0.25) is 0 Å². The second-order valence-electron chi connectivity index (χ2n) is 7.01. The van der Waals surface area contributed by atoms with E-state index in [0.29, 0.717) is 24.0 Å². The molecule has 0 heterocycles. The molecule has 1 unspecified atom stereocenters. The summed E-state index contributed by atoms with van der Waals surface area (Å²) >= 11 is 3.69. The molecule has 3 nitrogen and oxygen atoms in total. The zero-order valence-corrected chi connectivity index (χ0v) is 18.0. The van der Waals surface area contributed by atoms with Crippen molar-refractivity contribution in [3.05, 3.63) is 30.3 Å². The number of alkyl halides is 1. The standard InChI is InChI=1S/C22H31BrO3/c1-5-17(23)10-8-9-13-25-20-14-21(24-4)22(26-15-16(2)3)19-12-7-6-11-18(19)20/h6-7,11-12,14,16-17H,5,8-10,13,15H2,1-4H3. The minimum absolute atomic E-state index is 0.454. The number of unbranched alkanes of at least 4 members (excludes halogenated alkanes) is 1. The molecule has 0 bridgehead atoms. The molecular weight excluding hydrogens is 392 g/mol. The Balaban J connectivity index is 2.15. The van der Waals surface area contributed by atoms with Gasteiger partial charge in [-0.15, -0.1) is 0 Å². The molecule has 0 saturated carbocycles. The van der Waals surface area contributed by atoms with Gasteiger partial charge in [-0.25, -0.2) is 0 Å². The van der Waals surface area contributed by atoms with Crippen molar-refractivity contribution in [1.82, 2.24) is 0 Å². The topological polar surface area (TPSA) is 27.7 Å². The summed E-state index contributed by atoms with van der Waals surface area (Å²) in [4.78, 5) is 0.612. The predicted molar refractivity (Wildman–Crippen MR) is 113 cm³/mol. The summed E-state index contributed by atoms with van der Waals surface area (Å²) < 4.78 is 17.7. The first-order valence-corrected chi connectivity index (χ1v) is 10.5. The van der Waals surface area contributed by atoms with E-state index >= 15 is 0 Å². The third kappa shape index (κ3) is 5.80.